The van der Waals surface area contributed by atoms with Crippen molar-refractivity contribution in [2.45, 2.75) is 17.1 Å². The molecule has 1 atom stereocenters. The molecule has 1 aromatic heterocycles. The molecule has 0 aliphatic heterocycles. The Morgan fingerprint density at radius 2 is 1.74 bits per heavy atom. The standard InChI is InChI=1S/C14H18N2O4S3/c1-11-5-7-12(8-6-11)22(17,18)14(13-4-3-9-21-13)10-16-23(19,20)15-2/h3-9,14-16H,10H2,1-2H3. The van der Waals surface area contributed by atoms with E-state index in [0.29, 0.717) is 4.88 Å². The molecular formula is C14H18N2O4S3. The van der Waals surface area contributed by atoms with Crippen molar-refractivity contribution in [3.63, 3.8) is 0 Å². The van der Waals surface area contributed by atoms with E-state index in [1.807, 2.05) is 6.92 Å². The van der Waals surface area contributed by atoms with Crippen molar-refractivity contribution >= 4 is 31.4 Å². The van der Waals surface area contributed by atoms with E-state index in [9.17, 15) is 16.8 Å². The van der Waals surface area contributed by atoms with Gasteiger partial charge in [0.2, 0.25) is 0 Å². The Morgan fingerprint density at radius 1 is 1.09 bits per heavy atom. The van der Waals surface area contributed by atoms with Gasteiger partial charge in [0.1, 0.15) is 5.25 Å². The predicted molar refractivity (Wildman–Crippen MR) is 91.4 cm³/mol. The van der Waals surface area contributed by atoms with E-state index in [1.54, 1.807) is 29.6 Å². The van der Waals surface area contributed by atoms with E-state index in [2.05, 4.69) is 9.44 Å². The second-order valence-electron chi connectivity index (χ2n) is 4.92. The van der Waals surface area contributed by atoms with Crippen molar-refractivity contribution in [1.82, 2.24) is 9.44 Å². The highest BCUT2D eigenvalue weighted by molar-refractivity contribution is 7.92. The van der Waals surface area contributed by atoms with E-state index in [-0.39, 0.29) is 11.4 Å². The molecule has 0 aliphatic carbocycles. The van der Waals surface area contributed by atoms with Crippen LogP contribution in [0.5, 0.6) is 0 Å². The van der Waals surface area contributed by atoms with Crippen molar-refractivity contribution in [1.29, 1.82) is 0 Å². The molecule has 0 spiro atoms. The van der Waals surface area contributed by atoms with E-state index >= 15 is 0 Å². The van der Waals surface area contributed by atoms with Gasteiger partial charge in [-0.1, -0.05) is 23.8 Å². The minimum Gasteiger partial charge on any atom is -0.223 e. The topological polar surface area (TPSA) is 92.3 Å². The first-order valence-electron chi connectivity index (χ1n) is 6.78. The summed E-state index contributed by atoms with van der Waals surface area (Å²) in [5, 5.41) is 0.785. The summed E-state index contributed by atoms with van der Waals surface area (Å²) in [6.45, 7) is 1.63. The molecular weight excluding hydrogens is 356 g/mol. The number of benzene rings is 1. The first-order valence-corrected chi connectivity index (χ1v) is 10.7. The Kier molecular flexibility index (Phi) is 5.58. The van der Waals surface area contributed by atoms with E-state index in [0.717, 1.165) is 5.56 Å². The van der Waals surface area contributed by atoms with E-state index in [4.69, 9.17) is 0 Å². The highest BCUT2D eigenvalue weighted by Gasteiger charge is 2.31. The van der Waals surface area contributed by atoms with E-state index < -0.39 is 25.3 Å². The third kappa shape index (κ3) is 4.39. The molecule has 0 aliphatic rings. The summed E-state index contributed by atoms with van der Waals surface area (Å²) in [6, 6.07) is 9.95. The largest absolute Gasteiger partial charge is 0.276 e. The number of aryl methyl sites for hydroxylation is 1. The minimum absolute atomic E-state index is 0.171. The smallest absolute Gasteiger partial charge is 0.223 e. The molecule has 0 saturated heterocycles. The maximum absolute atomic E-state index is 12.9. The van der Waals surface area contributed by atoms with Crippen molar-refractivity contribution in [2.24, 2.45) is 0 Å². The van der Waals surface area contributed by atoms with Crippen molar-refractivity contribution in [2.75, 3.05) is 13.6 Å². The summed E-state index contributed by atoms with van der Waals surface area (Å²) in [6.07, 6.45) is 0. The van der Waals surface area contributed by atoms with Gasteiger partial charge in [0.25, 0.3) is 10.2 Å². The van der Waals surface area contributed by atoms with Gasteiger partial charge in [0.15, 0.2) is 9.84 Å². The fourth-order valence-corrected chi connectivity index (χ4v) is 5.41. The van der Waals surface area contributed by atoms with Crippen LogP contribution in [0.3, 0.4) is 0 Å². The fraction of sp³-hybridized carbons (Fsp3) is 0.286. The van der Waals surface area contributed by atoms with Gasteiger partial charge >= 0.3 is 0 Å². The summed E-state index contributed by atoms with van der Waals surface area (Å²) in [7, 11) is -6.17. The van der Waals surface area contributed by atoms with E-state index in [1.165, 1.54) is 30.5 Å². The summed E-state index contributed by atoms with van der Waals surface area (Å²) in [5.74, 6) is 0. The first-order chi connectivity index (χ1) is 10.8. The summed E-state index contributed by atoms with van der Waals surface area (Å²) in [4.78, 5) is 0.759. The third-order valence-corrected chi connectivity index (χ3v) is 7.63. The van der Waals surface area contributed by atoms with Gasteiger partial charge in [-0.3, -0.25) is 0 Å². The zero-order chi connectivity index (χ0) is 17.1. The van der Waals surface area contributed by atoms with Crippen LogP contribution in [0.2, 0.25) is 0 Å². The third-order valence-electron chi connectivity index (χ3n) is 3.31. The molecule has 0 saturated carbocycles. The molecule has 0 fully saturated rings. The molecule has 2 aromatic rings. The Labute approximate surface area is 140 Å². The minimum atomic E-state index is -3.72. The Balaban J connectivity index is 2.39. The van der Waals surface area contributed by atoms with Crippen molar-refractivity contribution in [3.05, 3.63) is 52.2 Å². The van der Waals surface area contributed by atoms with Gasteiger partial charge in [-0.25, -0.2) is 17.9 Å². The molecule has 6 nitrogen and oxygen atoms in total. The van der Waals surface area contributed by atoms with Crippen molar-refractivity contribution < 1.29 is 16.8 Å². The second kappa shape index (κ2) is 7.10. The first kappa shape index (κ1) is 18.1. The monoisotopic (exact) mass is 374 g/mol. The zero-order valence-corrected chi connectivity index (χ0v) is 15.1. The summed E-state index contributed by atoms with van der Waals surface area (Å²) in [5.41, 5.74) is 0.951. The molecule has 1 unspecified atom stereocenters. The molecule has 2 rings (SSSR count). The van der Waals surface area contributed by atoms with Crippen molar-refractivity contribution in [3.8, 4) is 0 Å². The maximum atomic E-state index is 12.9. The second-order valence-corrected chi connectivity index (χ2v) is 9.73. The quantitative estimate of drug-likeness (QED) is 0.770. The average molecular weight is 375 g/mol. The number of hydrogen-bond donors (Lipinski definition) is 2. The lowest BCUT2D eigenvalue weighted by molar-refractivity contribution is 0.564. The molecule has 23 heavy (non-hydrogen) atoms. The lowest BCUT2D eigenvalue weighted by Gasteiger charge is -2.17. The van der Waals surface area contributed by atoms with Crippen LogP contribution < -0.4 is 9.44 Å². The van der Waals surface area contributed by atoms with Gasteiger partial charge in [-0.2, -0.15) is 8.42 Å². The van der Waals surface area contributed by atoms with Gasteiger partial charge in [0.05, 0.1) is 4.90 Å². The predicted octanol–water partition coefficient (Wildman–Crippen LogP) is 1.63. The molecule has 1 aromatic carbocycles. The van der Waals surface area contributed by atoms with Gasteiger partial charge in [0, 0.05) is 18.5 Å². The fourth-order valence-electron chi connectivity index (χ4n) is 1.99. The molecule has 2 N–H and O–H groups in total. The highest BCUT2D eigenvalue weighted by Crippen LogP contribution is 2.31. The maximum Gasteiger partial charge on any atom is 0.276 e. The van der Waals surface area contributed by atoms with Gasteiger partial charge in [-0.15, -0.1) is 11.3 Å². The van der Waals surface area contributed by atoms with Crippen LogP contribution in [-0.4, -0.2) is 30.4 Å². The normalized spacial score (nSPS) is 13.8. The Bertz CT molecular complexity index is 842. The molecule has 0 bridgehead atoms. The number of rotatable bonds is 7. The number of thiophene rings is 1. The van der Waals surface area contributed by atoms with Crippen LogP contribution >= 0.6 is 11.3 Å². The molecule has 1 heterocycles. The SMILES string of the molecule is CNS(=O)(=O)NCC(c1cccs1)S(=O)(=O)c1ccc(C)cc1. The summed E-state index contributed by atoms with van der Waals surface area (Å²) < 4.78 is 53.3. The lowest BCUT2D eigenvalue weighted by atomic mass is 10.2. The van der Waals surface area contributed by atoms with Crippen LogP contribution in [0, 0.1) is 6.92 Å². The van der Waals surface area contributed by atoms with Crippen LogP contribution in [0.15, 0.2) is 46.7 Å². The number of sulfone groups is 1. The summed E-state index contributed by atoms with van der Waals surface area (Å²) >= 11 is 1.28. The van der Waals surface area contributed by atoms with Crippen LogP contribution in [0.25, 0.3) is 0 Å². The molecule has 126 valence electrons. The van der Waals surface area contributed by atoms with Gasteiger partial charge in [-0.05, 0) is 30.5 Å². The average Bonchev–Trinajstić information content (AvgIpc) is 3.01. The molecule has 0 radical (unpaired) electrons. The Morgan fingerprint density at radius 3 is 2.26 bits per heavy atom. The number of hydrogen-bond acceptors (Lipinski definition) is 5. The highest BCUT2D eigenvalue weighted by atomic mass is 32.2. The number of nitrogens with one attached hydrogen (secondary N) is 2. The van der Waals surface area contributed by atoms with Gasteiger partial charge < -0.3 is 0 Å². The van der Waals surface area contributed by atoms with Crippen LogP contribution in [0.4, 0.5) is 0 Å². The lowest BCUT2D eigenvalue weighted by Crippen LogP contribution is -2.38. The molecule has 9 heteroatoms. The molecule has 0 amide bonds. The Hall–Kier alpha value is -1.26. The van der Waals surface area contributed by atoms with Crippen LogP contribution in [-0.2, 0) is 20.0 Å². The zero-order valence-electron chi connectivity index (χ0n) is 12.7. The van der Waals surface area contributed by atoms with Crippen LogP contribution in [0.1, 0.15) is 15.7 Å².